The third kappa shape index (κ3) is 5.50. The van der Waals surface area contributed by atoms with Gasteiger partial charge in [0, 0.05) is 12.3 Å². The molecule has 0 aliphatic rings. The van der Waals surface area contributed by atoms with Crippen LogP contribution in [0.4, 0.5) is 13.2 Å². The Labute approximate surface area is 98.8 Å². The minimum absolute atomic E-state index is 0.244. The molecule has 0 aromatic carbocycles. The van der Waals surface area contributed by atoms with Crippen LogP contribution in [0.25, 0.3) is 0 Å². The van der Waals surface area contributed by atoms with Gasteiger partial charge in [0.2, 0.25) is 5.56 Å². The molecule has 0 saturated heterocycles. The van der Waals surface area contributed by atoms with Crippen molar-refractivity contribution < 1.29 is 33.1 Å². The fourth-order valence-electron chi connectivity index (χ4n) is 0.838. The summed E-state index contributed by atoms with van der Waals surface area (Å²) < 4.78 is 31.7. The van der Waals surface area contributed by atoms with Crippen molar-refractivity contribution in [2.45, 2.75) is 13.1 Å². The number of rotatable bonds is 1. The Morgan fingerprint density at radius 3 is 2.11 bits per heavy atom. The van der Waals surface area contributed by atoms with Gasteiger partial charge in [0.25, 0.3) is 0 Å². The monoisotopic (exact) mass is 267 g/mol. The second-order valence-corrected chi connectivity index (χ2v) is 3.11. The second-order valence-electron chi connectivity index (χ2n) is 3.11. The zero-order valence-corrected chi connectivity index (χ0v) is 9.02. The molecule has 0 saturated carbocycles. The third-order valence-electron chi connectivity index (χ3n) is 1.69. The number of hydrogen-bond acceptors (Lipinski definition) is 4. The summed E-state index contributed by atoms with van der Waals surface area (Å²) in [6.45, 7) is 1.69. The molecule has 1 heterocycles. The zero-order chi connectivity index (χ0) is 14.5. The number of carbonyl (C=O) groups is 1. The average Bonchev–Trinajstić information content (AvgIpc) is 2.20. The van der Waals surface area contributed by atoms with Gasteiger partial charge in [-0.15, -0.1) is 0 Å². The molecule has 1 aromatic heterocycles. The Bertz CT molecular complexity index is 471. The molecule has 0 amide bonds. The Kier molecular flexibility index (Phi) is 5.59. The molecule has 4 N–H and O–H groups in total. The number of hydrogen-bond donors (Lipinski definition) is 4. The van der Waals surface area contributed by atoms with Gasteiger partial charge in [-0.2, -0.15) is 13.2 Å². The zero-order valence-electron chi connectivity index (χ0n) is 9.02. The lowest BCUT2D eigenvalue weighted by Crippen LogP contribution is -2.35. The molecule has 1 aromatic rings. The molecule has 0 unspecified atom stereocenters. The molecular weight excluding hydrogens is 258 g/mol. The number of aromatic amines is 1. The molecule has 0 aliphatic carbocycles. The van der Waals surface area contributed by atoms with Crippen LogP contribution in [0, 0.1) is 6.92 Å². The van der Waals surface area contributed by atoms with Gasteiger partial charge in [-0.25, -0.2) is 4.79 Å². The summed E-state index contributed by atoms with van der Waals surface area (Å²) >= 11 is 0. The lowest BCUT2D eigenvalue weighted by atomic mass is 9.78. The molecule has 18 heavy (non-hydrogen) atoms. The summed E-state index contributed by atoms with van der Waals surface area (Å²) in [5, 5.41) is 24.6. The fraction of sp³-hybridized carbons (Fsp3) is 0.250. The van der Waals surface area contributed by atoms with Crippen LogP contribution in [0.2, 0.25) is 0 Å². The molecule has 0 spiro atoms. The van der Waals surface area contributed by atoms with Crippen LogP contribution in [0.15, 0.2) is 17.1 Å². The summed E-state index contributed by atoms with van der Waals surface area (Å²) in [4.78, 5) is 22.0. The molecule has 6 nitrogen and oxygen atoms in total. The van der Waals surface area contributed by atoms with E-state index in [1.165, 1.54) is 12.3 Å². The highest BCUT2D eigenvalue weighted by molar-refractivity contribution is 6.59. The van der Waals surface area contributed by atoms with E-state index in [9.17, 15) is 18.0 Å². The molecule has 0 atom stereocenters. The van der Waals surface area contributed by atoms with Crippen molar-refractivity contribution in [2.24, 2.45) is 0 Å². The quantitative estimate of drug-likeness (QED) is 0.487. The second kappa shape index (κ2) is 6.22. The smallest absolute Gasteiger partial charge is 0.475 e. The van der Waals surface area contributed by atoms with Crippen molar-refractivity contribution in [1.29, 1.82) is 0 Å². The first kappa shape index (κ1) is 16.2. The molecule has 1 rings (SSSR count). The first-order valence-corrected chi connectivity index (χ1v) is 4.41. The van der Waals surface area contributed by atoms with Gasteiger partial charge in [-0.3, -0.25) is 4.79 Å². The standard InChI is InChI=1S/C6H8BNO3.C2HF3O2/c1-4-3-8-6(9)2-5(4)7(10)11;3-2(4,5)1(6)7/h2-3,10-11H,1H3,(H,8,9);(H,6,7). The molecule has 0 radical (unpaired) electrons. The highest BCUT2D eigenvalue weighted by Crippen LogP contribution is 2.13. The van der Waals surface area contributed by atoms with Gasteiger partial charge in [-0.1, -0.05) is 0 Å². The van der Waals surface area contributed by atoms with E-state index in [-0.39, 0.29) is 11.0 Å². The van der Waals surface area contributed by atoms with Crippen LogP contribution >= 0.6 is 0 Å². The van der Waals surface area contributed by atoms with Crippen molar-refractivity contribution in [1.82, 2.24) is 4.98 Å². The van der Waals surface area contributed by atoms with Crippen molar-refractivity contribution in [3.05, 3.63) is 28.2 Å². The van der Waals surface area contributed by atoms with E-state index < -0.39 is 19.3 Å². The highest BCUT2D eigenvalue weighted by Gasteiger charge is 2.38. The van der Waals surface area contributed by atoms with E-state index in [4.69, 9.17) is 19.9 Å². The largest absolute Gasteiger partial charge is 0.490 e. The Morgan fingerprint density at radius 1 is 1.39 bits per heavy atom. The van der Waals surface area contributed by atoms with Crippen LogP contribution in [0.5, 0.6) is 0 Å². The number of H-pyrrole nitrogens is 1. The lowest BCUT2D eigenvalue weighted by molar-refractivity contribution is -0.192. The third-order valence-corrected chi connectivity index (χ3v) is 1.69. The first-order valence-electron chi connectivity index (χ1n) is 4.41. The molecular formula is C8H9BF3NO5. The topological polar surface area (TPSA) is 111 Å². The van der Waals surface area contributed by atoms with Crippen molar-refractivity contribution in [3.63, 3.8) is 0 Å². The summed E-state index contributed by atoms with van der Waals surface area (Å²) in [5.74, 6) is -2.76. The SMILES string of the molecule is Cc1c[nH]c(=O)cc1B(O)O.O=C(O)C(F)(F)F. The van der Waals surface area contributed by atoms with Crippen LogP contribution in [-0.2, 0) is 4.79 Å². The number of nitrogens with one attached hydrogen (secondary N) is 1. The van der Waals surface area contributed by atoms with E-state index in [0.717, 1.165) is 0 Å². The number of aryl methyl sites for hydroxylation is 1. The Morgan fingerprint density at radius 2 is 1.83 bits per heavy atom. The predicted octanol–water partition coefficient (Wildman–Crippen LogP) is -1.00. The highest BCUT2D eigenvalue weighted by atomic mass is 19.4. The normalized spacial score (nSPS) is 10.3. The molecule has 0 aliphatic heterocycles. The minimum Gasteiger partial charge on any atom is -0.475 e. The summed E-state index contributed by atoms with van der Waals surface area (Å²) in [6, 6.07) is 1.17. The number of pyridine rings is 1. The predicted molar refractivity (Wildman–Crippen MR) is 55.3 cm³/mol. The van der Waals surface area contributed by atoms with E-state index in [1.54, 1.807) is 6.92 Å². The average molecular weight is 267 g/mol. The number of carboxylic acids is 1. The Hall–Kier alpha value is -1.81. The van der Waals surface area contributed by atoms with E-state index in [0.29, 0.717) is 5.56 Å². The summed E-state index contributed by atoms with van der Waals surface area (Å²) in [6.07, 6.45) is -3.64. The van der Waals surface area contributed by atoms with Crippen LogP contribution in [-0.4, -0.2) is 39.4 Å². The van der Waals surface area contributed by atoms with Crippen molar-refractivity contribution in [3.8, 4) is 0 Å². The number of halogens is 3. The molecule has 0 bridgehead atoms. The maximum atomic E-state index is 10.7. The number of aromatic nitrogens is 1. The maximum Gasteiger partial charge on any atom is 0.490 e. The maximum absolute atomic E-state index is 10.7. The molecule has 100 valence electrons. The summed E-state index contributed by atoms with van der Waals surface area (Å²) in [7, 11) is -1.57. The van der Waals surface area contributed by atoms with Crippen molar-refractivity contribution in [2.75, 3.05) is 0 Å². The van der Waals surface area contributed by atoms with Gasteiger partial charge in [-0.05, 0) is 17.9 Å². The minimum atomic E-state index is -5.08. The molecule has 10 heteroatoms. The fourth-order valence-corrected chi connectivity index (χ4v) is 0.838. The first-order chi connectivity index (χ1) is 8.05. The van der Waals surface area contributed by atoms with Gasteiger partial charge >= 0.3 is 19.3 Å². The van der Waals surface area contributed by atoms with Crippen LogP contribution in [0.1, 0.15) is 5.56 Å². The van der Waals surface area contributed by atoms with Crippen LogP contribution in [0.3, 0.4) is 0 Å². The number of alkyl halides is 3. The van der Waals surface area contributed by atoms with Gasteiger partial charge < -0.3 is 20.1 Å². The molecule has 0 fully saturated rings. The Balaban J connectivity index is 0.000000360. The van der Waals surface area contributed by atoms with Gasteiger partial charge in [0.15, 0.2) is 0 Å². The van der Waals surface area contributed by atoms with E-state index in [2.05, 4.69) is 4.98 Å². The van der Waals surface area contributed by atoms with E-state index >= 15 is 0 Å². The lowest BCUT2D eigenvalue weighted by Gasteiger charge is -2.00. The number of carboxylic acid groups (broad SMARTS) is 1. The van der Waals surface area contributed by atoms with Gasteiger partial charge in [0.1, 0.15) is 0 Å². The summed E-state index contributed by atoms with van der Waals surface area (Å²) in [5.41, 5.74) is 0.562. The van der Waals surface area contributed by atoms with Crippen LogP contribution < -0.4 is 11.0 Å². The van der Waals surface area contributed by atoms with E-state index in [1.807, 2.05) is 0 Å². The van der Waals surface area contributed by atoms with Gasteiger partial charge in [0.05, 0.1) is 0 Å². The number of aliphatic carboxylic acids is 1. The van der Waals surface area contributed by atoms with Crippen molar-refractivity contribution >= 4 is 18.6 Å².